The molecule has 1 atom stereocenters. The van der Waals surface area contributed by atoms with Crippen molar-refractivity contribution in [2.24, 2.45) is 5.92 Å². The van der Waals surface area contributed by atoms with Crippen LogP contribution in [0, 0.1) is 5.92 Å². The van der Waals surface area contributed by atoms with Gasteiger partial charge in [-0.3, -0.25) is 9.69 Å². The molecule has 166 valence electrons. The molecule has 3 amide bonds. The van der Waals surface area contributed by atoms with E-state index in [4.69, 9.17) is 11.6 Å². The Morgan fingerprint density at radius 3 is 2.39 bits per heavy atom. The number of halogens is 1. The Kier molecular flexibility index (Phi) is 8.70. The number of para-hydroxylation sites is 1. The van der Waals surface area contributed by atoms with Crippen LogP contribution in [0.3, 0.4) is 0 Å². The maximum Gasteiger partial charge on any atom is 0.319 e. The van der Waals surface area contributed by atoms with E-state index in [2.05, 4.69) is 20.9 Å². The number of benzene rings is 2. The second-order valence-corrected chi connectivity index (χ2v) is 8.23. The minimum Gasteiger partial charge on any atom is -0.394 e. The minimum atomic E-state index is -0.992. The number of carbonyl (C=O) groups excluding carboxylic acids is 2. The first-order chi connectivity index (χ1) is 15.0. The monoisotopic (exact) mass is 444 g/mol. The number of hydrogen-bond acceptors (Lipinski definition) is 4. The van der Waals surface area contributed by atoms with Crippen LogP contribution < -0.4 is 16.0 Å². The first-order valence-corrected chi connectivity index (χ1v) is 10.9. The van der Waals surface area contributed by atoms with Crippen LogP contribution in [0.2, 0.25) is 5.02 Å². The molecule has 0 aliphatic carbocycles. The maximum atomic E-state index is 12.4. The minimum absolute atomic E-state index is 0.378. The summed E-state index contributed by atoms with van der Waals surface area (Å²) in [5.74, 6) is -0.00258. The van der Waals surface area contributed by atoms with Gasteiger partial charge in [-0.1, -0.05) is 41.9 Å². The Morgan fingerprint density at radius 1 is 1.06 bits per heavy atom. The van der Waals surface area contributed by atoms with Crippen LogP contribution in [0.25, 0.3) is 0 Å². The fourth-order valence-corrected chi connectivity index (χ4v) is 3.73. The SMILES string of the molecule is O=C(Nc1ccccc1)N[C@@H](CO)C(=O)NCC1CCN(Cc2ccc(Cl)cc2)CC1. The number of hydrogen-bond donors (Lipinski definition) is 4. The lowest BCUT2D eigenvalue weighted by Crippen LogP contribution is -2.51. The molecule has 4 N–H and O–H groups in total. The molecule has 1 saturated heterocycles. The van der Waals surface area contributed by atoms with Gasteiger partial charge in [0.25, 0.3) is 0 Å². The van der Waals surface area contributed by atoms with Crippen LogP contribution >= 0.6 is 11.6 Å². The molecule has 0 spiro atoms. The summed E-state index contributed by atoms with van der Waals surface area (Å²) in [7, 11) is 0. The van der Waals surface area contributed by atoms with Crippen LogP contribution in [0.5, 0.6) is 0 Å². The van der Waals surface area contributed by atoms with Crippen molar-refractivity contribution < 1.29 is 14.7 Å². The number of anilines is 1. The number of nitrogens with zero attached hydrogens (tertiary/aromatic N) is 1. The van der Waals surface area contributed by atoms with Gasteiger partial charge in [0.15, 0.2) is 0 Å². The Bertz CT molecular complexity index is 840. The molecule has 1 aliphatic rings. The number of urea groups is 1. The van der Waals surface area contributed by atoms with E-state index in [1.165, 1.54) is 5.56 Å². The van der Waals surface area contributed by atoms with E-state index < -0.39 is 18.7 Å². The Hall–Kier alpha value is -2.61. The molecule has 0 unspecified atom stereocenters. The Labute approximate surface area is 187 Å². The van der Waals surface area contributed by atoms with Gasteiger partial charge in [0, 0.05) is 23.8 Å². The predicted octanol–water partition coefficient (Wildman–Crippen LogP) is 2.85. The van der Waals surface area contributed by atoms with E-state index in [1.807, 2.05) is 30.3 Å². The molecule has 2 aromatic carbocycles. The highest BCUT2D eigenvalue weighted by Crippen LogP contribution is 2.19. The van der Waals surface area contributed by atoms with Gasteiger partial charge in [-0.15, -0.1) is 0 Å². The van der Waals surface area contributed by atoms with Crippen molar-refractivity contribution in [3.8, 4) is 0 Å². The molecule has 0 aromatic heterocycles. The van der Waals surface area contributed by atoms with E-state index in [-0.39, 0.29) is 5.91 Å². The van der Waals surface area contributed by atoms with E-state index in [0.717, 1.165) is 37.5 Å². The molecular weight excluding hydrogens is 416 g/mol. The predicted molar refractivity (Wildman–Crippen MR) is 122 cm³/mol. The fraction of sp³-hybridized carbons (Fsp3) is 0.391. The third kappa shape index (κ3) is 7.54. The van der Waals surface area contributed by atoms with Crippen LogP contribution in [0.4, 0.5) is 10.5 Å². The van der Waals surface area contributed by atoms with Gasteiger partial charge in [-0.2, -0.15) is 0 Å². The van der Waals surface area contributed by atoms with Crippen LogP contribution in [-0.2, 0) is 11.3 Å². The van der Waals surface area contributed by atoms with Gasteiger partial charge in [0.05, 0.1) is 6.61 Å². The quantitative estimate of drug-likeness (QED) is 0.503. The van der Waals surface area contributed by atoms with E-state index >= 15 is 0 Å². The molecule has 31 heavy (non-hydrogen) atoms. The normalized spacial score (nSPS) is 15.8. The number of amides is 3. The fourth-order valence-electron chi connectivity index (χ4n) is 3.61. The van der Waals surface area contributed by atoms with Crippen molar-refractivity contribution in [2.45, 2.75) is 25.4 Å². The van der Waals surface area contributed by atoms with E-state index in [1.54, 1.807) is 24.3 Å². The number of aliphatic hydroxyl groups is 1. The zero-order valence-corrected chi connectivity index (χ0v) is 18.1. The summed E-state index contributed by atoms with van der Waals surface area (Å²) in [5.41, 5.74) is 1.85. The zero-order valence-electron chi connectivity index (χ0n) is 17.4. The zero-order chi connectivity index (χ0) is 22.1. The number of piperidine rings is 1. The summed E-state index contributed by atoms with van der Waals surface area (Å²) in [6, 6.07) is 15.3. The third-order valence-electron chi connectivity index (χ3n) is 5.43. The van der Waals surface area contributed by atoms with Crippen molar-refractivity contribution in [3.63, 3.8) is 0 Å². The smallest absolute Gasteiger partial charge is 0.319 e. The van der Waals surface area contributed by atoms with Gasteiger partial charge >= 0.3 is 6.03 Å². The second-order valence-electron chi connectivity index (χ2n) is 7.79. The van der Waals surface area contributed by atoms with Crippen LogP contribution in [0.1, 0.15) is 18.4 Å². The largest absolute Gasteiger partial charge is 0.394 e. The lowest BCUT2D eigenvalue weighted by Gasteiger charge is -2.32. The van der Waals surface area contributed by atoms with Gasteiger partial charge < -0.3 is 21.1 Å². The average Bonchev–Trinajstić information content (AvgIpc) is 2.79. The van der Waals surface area contributed by atoms with Crippen molar-refractivity contribution in [2.75, 3.05) is 31.6 Å². The lowest BCUT2D eigenvalue weighted by atomic mass is 9.96. The Balaban J connectivity index is 1.37. The first kappa shape index (κ1) is 23.1. The second kappa shape index (κ2) is 11.7. The van der Waals surface area contributed by atoms with Gasteiger partial charge in [-0.05, 0) is 61.7 Å². The highest BCUT2D eigenvalue weighted by Gasteiger charge is 2.23. The van der Waals surface area contributed by atoms with Crippen LogP contribution in [0.15, 0.2) is 54.6 Å². The number of nitrogens with one attached hydrogen (secondary N) is 3. The maximum absolute atomic E-state index is 12.4. The standard InChI is InChI=1S/C23H29ClN4O3/c24-19-8-6-18(7-9-19)15-28-12-10-17(11-13-28)14-25-22(30)21(16-29)27-23(31)26-20-4-2-1-3-5-20/h1-9,17,21,29H,10-16H2,(H,25,30)(H2,26,27,31)/t21-/m0/s1. The van der Waals surface area contributed by atoms with Crippen molar-refractivity contribution in [1.29, 1.82) is 0 Å². The van der Waals surface area contributed by atoms with E-state index in [9.17, 15) is 14.7 Å². The van der Waals surface area contributed by atoms with E-state index in [0.29, 0.717) is 18.2 Å². The highest BCUT2D eigenvalue weighted by molar-refractivity contribution is 6.30. The number of carbonyl (C=O) groups is 2. The topological polar surface area (TPSA) is 93.7 Å². The molecule has 0 radical (unpaired) electrons. The molecule has 0 saturated carbocycles. The molecule has 8 heteroatoms. The van der Waals surface area contributed by atoms with Gasteiger partial charge in [0.2, 0.25) is 5.91 Å². The summed E-state index contributed by atoms with van der Waals surface area (Å²) in [6.07, 6.45) is 1.97. The molecule has 1 fully saturated rings. The number of likely N-dealkylation sites (tertiary alicyclic amines) is 1. The molecule has 0 bridgehead atoms. The molecule has 2 aromatic rings. The third-order valence-corrected chi connectivity index (χ3v) is 5.68. The molecule has 3 rings (SSSR count). The summed E-state index contributed by atoms with van der Waals surface area (Å²) in [5, 5.41) is 18.3. The lowest BCUT2D eigenvalue weighted by molar-refractivity contribution is -0.124. The Morgan fingerprint density at radius 2 is 1.74 bits per heavy atom. The van der Waals surface area contributed by atoms with Crippen LogP contribution in [-0.4, -0.2) is 54.2 Å². The van der Waals surface area contributed by atoms with Gasteiger partial charge in [-0.25, -0.2) is 4.79 Å². The van der Waals surface area contributed by atoms with Crippen molar-refractivity contribution >= 4 is 29.2 Å². The van der Waals surface area contributed by atoms with Gasteiger partial charge in [0.1, 0.15) is 6.04 Å². The summed E-state index contributed by atoms with van der Waals surface area (Å²) in [4.78, 5) is 26.9. The molecular formula is C23H29ClN4O3. The highest BCUT2D eigenvalue weighted by atomic mass is 35.5. The summed E-state index contributed by atoms with van der Waals surface area (Å²) in [6.45, 7) is 2.89. The molecule has 1 heterocycles. The first-order valence-electron chi connectivity index (χ1n) is 10.5. The molecule has 1 aliphatic heterocycles. The summed E-state index contributed by atoms with van der Waals surface area (Å²) >= 11 is 5.94. The number of aliphatic hydroxyl groups excluding tert-OH is 1. The summed E-state index contributed by atoms with van der Waals surface area (Å²) < 4.78 is 0. The molecule has 7 nitrogen and oxygen atoms in total. The average molecular weight is 445 g/mol. The van der Waals surface area contributed by atoms with Crippen molar-refractivity contribution in [1.82, 2.24) is 15.5 Å². The van der Waals surface area contributed by atoms with Crippen molar-refractivity contribution in [3.05, 3.63) is 65.2 Å². The number of rotatable bonds is 8.